The molecule has 1 aliphatic carbocycles. The van der Waals surface area contributed by atoms with Crippen LogP contribution in [0.25, 0.3) is 0 Å². The first kappa shape index (κ1) is 11.0. The fourth-order valence-corrected chi connectivity index (χ4v) is 2.35. The van der Waals surface area contributed by atoms with Crippen molar-refractivity contribution in [1.82, 2.24) is 10.6 Å². The molecular formula is C12H19ClN2. The molecule has 0 radical (unpaired) electrons. The molecule has 84 valence electrons. The minimum absolute atomic E-state index is 0.595. The lowest BCUT2D eigenvalue weighted by Crippen LogP contribution is -2.39. The summed E-state index contributed by atoms with van der Waals surface area (Å²) in [5.41, 5.74) is 2.59. The lowest BCUT2D eigenvalue weighted by Gasteiger charge is -2.27. The predicted molar refractivity (Wildman–Crippen MR) is 64.9 cm³/mol. The van der Waals surface area contributed by atoms with Crippen molar-refractivity contribution in [2.75, 3.05) is 13.1 Å². The zero-order valence-electron chi connectivity index (χ0n) is 9.28. The third kappa shape index (κ3) is 2.99. The topological polar surface area (TPSA) is 24.1 Å². The van der Waals surface area contributed by atoms with Gasteiger partial charge in [0.05, 0.1) is 0 Å². The van der Waals surface area contributed by atoms with E-state index in [1.807, 2.05) is 0 Å². The van der Waals surface area contributed by atoms with Gasteiger partial charge in [0.1, 0.15) is 0 Å². The molecule has 0 saturated carbocycles. The monoisotopic (exact) mass is 226 g/mol. The third-order valence-electron chi connectivity index (χ3n) is 3.12. The van der Waals surface area contributed by atoms with Gasteiger partial charge in [0.15, 0.2) is 0 Å². The Kier molecular flexibility index (Phi) is 3.71. The van der Waals surface area contributed by atoms with Crippen molar-refractivity contribution in [3.05, 3.63) is 22.4 Å². The van der Waals surface area contributed by atoms with E-state index in [4.69, 9.17) is 11.6 Å². The Morgan fingerprint density at radius 1 is 1.33 bits per heavy atom. The second-order valence-electron chi connectivity index (χ2n) is 4.48. The molecule has 2 nitrogen and oxygen atoms in total. The number of hydrogen-bond acceptors (Lipinski definition) is 2. The Labute approximate surface area is 96.8 Å². The fraction of sp³-hybridized carbons (Fsp3) is 0.667. The summed E-state index contributed by atoms with van der Waals surface area (Å²) in [6.45, 7) is 4.41. The summed E-state index contributed by atoms with van der Waals surface area (Å²) in [4.78, 5) is 0. The third-order valence-corrected chi connectivity index (χ3v) is 3.51. The highest BCUT2D eigenvalue weighted by molar-refractivity contribution is 6.30. The van der Waals surface area contributed by atoms with Gasteiger partial charge in [0, 0.05) is 16.8 Å². The lowest BCUT2D eigenvalue weighted by atomic mass is 10.0. The summed E-state index contributed by atoms with van der Waals surface area (Å²) < 4.78 is 0. The van der Waals surface area contributed by atoms with Gasteiger partial charge in [0.25, 0.3) is 0 Å². The van der Waals surface area contributed by atoms with Gasteiger partial charge < -0.3 is 10.6 Å². The molecule has 0 aromatic heterocycles. The minimum Gasteiger partial charge on any atom is -0.381 e. The second-order valence-corrected chi connectivity index (χ2v) is 4.93. The Balaban J connectivity index is 1.97. The first-order valence-electron chi connectivity index (χ1n) is 5.79. The zero-order valence-corrected chi connectivity index (χ0v) is 10.0. The van der Waals surface area contributed by atoms with Crippen LogP contribution in [0.15, 0.2) is 22.4 Å². The molecule has 0 aromatic rings. The van der Waals surface area contributed by atoms with E-state index >= 15 is 0 Å². The van der Waals surface area contributed by atoms with E-state index in [2.05, 4.69) is 23.6 Å². The van der Waals surface area contributed by atoms with Gasteiger partial charge in [0.2, 0.25) is 0 Å². The van der Waals surface area contributed by atoms with Crippen LogP contribution in [0, 0.1) is 0 Å². The van der Waals surface area contributed by atoms with Gasteiger partial charge in [-0.1, -0.05) is 17.2 Å². The Hall–Kier alpha value is -0.470. The molecule has 0 spiro atoms. The first-order valence-corrected chi connectivity index (χ1v) is 6.16. The molecule has 0 atom stereocenters. The van der Waals surface area contributed by atoms with E-state index in [1.54, 1.807) is 0 Å². The predicted octanol–water partition coefficient (Wildman–Crippen LogP) is 2.52. The molecule has 0 aromatic carbocycles. The van der Waals surface area contributed by atoms with Crippen molar-refractivity contribution in [1.29, 1.82) is 0 Å². The summed E-state index contributed by atoms with van der Waals surface area (Å²) in [5, 5.41) is 7.94. The Morgan fingerprint density at radius 2 is 2.07 bits per heavy atom. The summed E-state index contributed by atoms with van der Waals surface area (Å²) in [6.07, 6.45) is 6.70. The molecule has 1 aliphatic heterocycles. The number of nitrogens with one attached hydrogen (secondary N) is 2. The zero-order chi connectivity index (χ0) is 10.7. The van der Waals surface area contributed by atoms with Crippen LogP contribution in [0.5, 0.6) is 0 Å². The molecule has 2 rings (SSSR count). The molecule has 2 N–H and O–H groups in total. The molecule has 1 fully saturated rings. The van der Waals surface area contributed by atoms with Crippen LogP contribution >= 0.6 is 11.6 Å². The van der Waals surface area contributed by atoms with Crippen molar-refractivity contribution in [2.45, 2.75) is 38.6 Å². The highest BCUT2D eigenvalue weighted by Crippen LogP contribution is 2.25. The van der Waals surface area contributed by atoms with Crippen LogP contribution < -0.4 is 10.6 Å². The molecule has 0 bridgehead atoms. The number of allylic oxidation sites excluding steroid dienone is 3. The Bertz CT molecular complexity index is 288. The molecule has 1 heterocycles. The highest BCUT2D eigenvalue weighted by atomic mass is 35.5. The average molecular weight is 227 g/mol. The fourth-order valence-electron chi connectivity index (χ4n) is 2.14. The summed E-state index contributed by atoms with van der Waals surface area (Å²) >= 11 is 6.22. The van der Waals surface area contributed by atoms with Crippen LogP contribution in [-0.4, -0.2) is 19.1 Å². The quantitative estimate of drug-likeness (QED) is 0.756. The Morgan fingerprint density at radius 3 is 2.80 bits per heavy atom. The second kappa shape index (κ2) is 5.04. The molecule has 0 unspecified atom stereocenters. The largest absolute Gasteiger partial charge is 0.381 e. The van der Waals surface area contributed by atoms with E-state index in [-0.39, 0.29) is 0 Å². The maximum Gasteiger partial charge on any atom is 0.0489 e. The first-order chi connectivity index (χ1) is 7.25. The summed E-state index contributed by atoms with van der Waals surface area (Å²) in [6, 6.07) is 0.595. The van der Waals surface area contributed by atoms with Crippen molar-refractivity contribution < 1.29 is 0 Å². The number of halogens is 1. The maximum atomic E-state index is 6.22. The van der Waals surface area contributed by atoms with E-state index in [1.165, 1.54) is 18.4 Å². The van der Waals surface area contributed by atoms with Crippen LogP contribution in [0.2, 0.25) is 0 Å². The molecule has 0 amide bonds. The number of piperidine rings is 1. The standard InChI is InChI=1S/C12H19ClN2/c1-9-2-3-11(13)12(8-9)15-10-4-6-14-7-5-10/h8,10,14-15H,2-7H2,1H3. The van der Waals surface area contributed by atoms with Crippen LogP contribution in [0.4, 0.5) is 0 Å². The van der Waals surface area contributed by atoms with E-state index in [0.29, 0.717) is 6.04 Å². The van der Waals surface area contributed by atoms with Gasteiger partial charge in [-0.25, -0.2) is 0 Å². The van der Waals surface area contributed by atoms with E-state index in [0.717, 1.165) is 36.7 Å². The SMILES string of the molecule is CC1=CC(NC2CCNCC2)=C(Cl)CC1. The van der Waals surface area contributed by atoms with Crippen molar-refractivity contribution in [3.8, 4) is 0 Å². The highest BCUT2D eigenvalue weighted by Gasteiger charge is 2.16. The van der Waals surface area contributed by atoms with E-state index in [9.17, 15) is 0 Å². The summed E-state index contributed by atoms with van der Waals surface area (Å²) in [7, 11) is 0. The number of hydrogen-bond donors (Lipinski definition) is 2. The van der Waals surface area contributed by atoms with Gasteiger partial charge in [-0.2, -0.15) is 0 Å². The maximum absolute atomic E-state index is 6.22. The van der Waals surface area contributed by atoms with Crippen molar-refractivity contribution in [3.63, 3.8) is 0 Å². The molecular weight excluding hydrogens is 208 g/mol. The van der Waals surface area contributed by atoms with Gasteiger partial charge in [-0.15, -0.1) is 0 Å². The minimum atomic E-state index is 0.595. The molecule has 2 aliphatic rings. The van der Waals surface area contributed by atoms with Crippen LogP contribution in [0.1, 0.15) is 32.6 Å². The van der Waals surface area contributed by atoms with Crippen molar-refractivity contribution in [2.24, 2.45) is 0 Å². The normalized spacial score (nSPS) is 24.0. The van der Waals surface area contributed by atoms with Crippen LogP contribution in [-0.2, 0) is 0 Å². The number of rotatable bonds is 2. The lowest BCUT2D eigenvalue weighted by molar-refractivity contribution is 0.413. The molecule has 3 heteroatoms. The molecule has 1 saturated heterocycles. The smallest absolute Gasteiger partial charge is 0.0489 e. The summed E-state index contributed by atoms with van der Waals surface area (Å²) in [5.74, 6) is 0. The van der Waals surface area contributed by atoms with Gasteiger partial charge >= 0.3 is 0 Å². The van der Waals surface area contributed by atoms with Crippen LogP contribution in [0.3, 0.4) is 0 Å². The van der Waals surface area contributed by atoms with Gasteiger partial charge in [-0.05, 0) is 51.8 Å². The van der Waals surface area contributed by atoms with E-state index < -0.39 is 0 Å². The average Bonchev–Trinajstić information content (AvgIpc) is 2.25. The molecule has 15 heavy (non-hydrogen) atoms. The van der Waals surface area contributed by atoms with Gasteiger partial charge in [-0.3, -0.25) is 0 Å². The van der Waals surface area contributed by atoms with Crippen molar-refractivity contribution >= 4 is 11.6 Å².